The predicted octanol–water partition coefficient (Wildman–Crippen LogP) is 3.22. The van der Waals surface area contributed by atoms with Gasteiger partial charge in [0.15, 0.2) is 0 Å². The maximum atomic E-state index is 12.9. The first-order chi connectivity index (χ1) is 13.2. The molecule has 6 nitrogen and oxygen atoms in total. The van der Waals surface area contributed by atoms with Gasteiger partial charge in [0.1, 0.15) is 0 Å². The van der Waals surface area contributed by atoms with Crippen molar-refractivity contribution in [3.8, 4) is 0 Å². The fourth-order valence-corrected chi connectivity index (χ4v) is 5.40. The standard InChI is InChI=1S/C20H24IN3O3S/c1-13-4-5-16(10-19(13)21)20(25)23-17-6-8-18(9-7-17)28(26,27)24-11-14(2)22-15(3)12-24/h4-10,14-15,22H,11-12H2,1-3H3,(H,23,25). The molecule has 150 valence electrons. The maximum Gasteiger partial charge on any atom is 0.255 e. The van der Waals surface area contributed by atoms with E-state index in [9.17, 15) is 13.2 Å². The number of halogens is 1. The molecule has 1 fully saturated rings. The highest BCUT2D eigenvalue weighted by Gasteiger charge is 2.31. The second-order valence-corrected chi connectivity index (χ2v) is 10.3. The van der Waals surface area contributed by atoms with Crippen molar-refractivity contribution >= 4 is 44.2 Å². The quantitative estimate of drug-likeness (QED) is 0.616. The molecule has 2 aromatic carbocycles. The highest BCUT2D eigenvalue weighted by molar-refractivity contribution is 14.1. The summed E-state index contributed by atoms with van der Waals surface area (Å²) in [5, 5.41) is 6.15. The molecule has 1 aliphatic rings. The first-order valence-corrected chi connectivity index (χ1v) is 11.6. The summed E-state index contributed by atoms with van der Waals surface area (Å²) in [5.41, 5.74) is 2.24. The Morgan fingerprint density at radius 1 is 1.11 bits per heavy atom. The van der Waals surface area contributed by atoms with Gasteiger partial charge in [0.05, 0.1) is 4.90 Å². The molecule has 0 aliphatic carbocycles. The van der Waals surface area contributed by atoms with Gasteiger partial charge in [-0.2, -0.15) is 4.31 Å². The fourth-order valence-electron chi connectivity index (χ4n) is 3.27. The van der Waals surface area contributed by atoms with Crippen molar-refractivity contribution in [3.05, 3.63) is 57.2 Å². The Bertz CT molecular complexity index is 967. The van der Waals surface area contributed by atoms with Crippen molar-refractivity contribution in [2.45, 2.75) is 37.8 Å². The van der Waals surface area contributed by atoms with Crippen LogP contribution in [-0.2, 0) is 10.0 Å². The second kappa shape index (κ2) is 8.48. The molecular formula is C20H24IN3O3S. The van der Waals surface area contributed by atoms with Crippen LogP contribution in [0.3, 0.4) is 0 Å². The Hall–Kier alpha value is -1.49. The van der Waals surface area contributed by atoms with Crippen LogP contribution < -0.4 is 10.6 Å². The molecule has 2 N–H and O–H groups in total. The molecule has 1 saturated heterocycles. The molecule has 1 aliphatic heterocycles. The third-order valence-electron chi connectivity index (χ3n) is 4.71. The van der Waals surface area contributed by atoms with Gasteiger partial charge in [-0.15, -0.1) is 0 Å². The largest absolute Gasteiger partial charge is 0.322 e. The van der Waals surface area contributed by atoms with E-state index in [-0.39, 0.29) is 22.9 Å². The van der Waals surface area contributed by atoms with Crippen molar-refractivity contribution in [2.75, 3.05) is 18.4 Å². The number of anilines is 1. The molecule has 0 aromatic heterocycles. The van der Waals surface area contributed by atoms with Gasteiger partial charge in [-0.1, -0.05) is 6.07 Å². The Kier molecular flexibility index (Phi) is 6.43. The van der Waals surface area contributed by atoms with Crippen molar-refractivity contribution < 1.29 is 13.2 Å². The summed E-state index contributed by atoms with van der Waals surface area (Å²) < 4.78 is 28.4. The summed E-state index contributed by atoms with van der Waals surface area (Å²) in [6.45, 7) is 6.82. The third-order valence-corrected chi connectivity index (χ3v) is 7.72. The summed E-state index contributed by atoms with van der Waals surface area (Å²) in [6.07, 6.45) is 0. The second-order valence-electron chi connectivity index (χ2n) is 7.23. The number of benzene rings is 2. The minimum Gasteiger partial charge on any atom is -0.322 e. The van der Waals surface area contributed by atoms with Crippen LogP contribution in [-0.4, -0.2) is 43.8 Å². The lowest BCUT2D eigenvalue weighted by Gasteiger charge is -2.35. The predicted molar refractivity (Wildman–Crippen MR) is 119 cm³/mol. The van der Waals surface area contributed by atoms with E-state index >= 15 is 0 Å². The number of amides is 1. The van der Waals surface area contributed by atoms with E-state index < -0.39 is 10.0 Å². The van der Waals surface area contributed by atoms with Gasteiger partial charge >= 0.3 is 0 Å². The molecule has 0 spiro atoms. The topological polar surface area (TPSA) is 78.5 Å². The number of carbonyl (C=O) groups is 1. The van der Waals surface area contributed by atoms with Gasteiger partial charge in [-0.25, -0.2) is 8.42 Å². The molecule has 0 radical (unpaired) electrons. The lowest BCUT2D eigenvalue weighted by Crippen LogP contribution is -2.55. The van der Waals surface area contributed by atoms with Crippen molar-refractivity contribution in [3.63, 3.8) is 0 Å². The first kappa shape index (κ1) is 21.2. The van der Waals surface area contributed by atoms with Gasteiger partial charge < -0.3 is 10.6 Å². The van der Waals surface area contributed by atoms with Crippen LogP contribution >= 0.6 is 22.6 Å². The van der Waals surface area contributed by atoms with Gasteiger partial charge in [0, 0.05) is 40.0 Å². The van der Waals surface area contributed by atoms with E-state index in [1.807, 2.05) is 32.9 Å². The fraction of sp³-hybridized carbons (Fsp3) is 0.350. The van der Waals surface area contributed by atoms with E-state index in [2.05, 4.69) is 33.2 Å². The Morgan fingerprint density at radius 2 is 1.71 bits per heavy atom. The average Bonchev–Trinajstić information content (AvgIpc) is 2.63. The van der Waals surface area contributed by atoms with E-state index in [0.717, 1.165) is 9.13 Å². The summed E-state index contributed by atoms with van der Waals surface area (Å²) in [6, 6.07) is 12.1. The van der Waals surface area contributed by atoms with Crippen LogP contribution in [0.1, 0.15) is 29.8 Å². The van der Waals surface area contributed by atoms with Crippen molar-refractivity contribution in [2.24, 2.45) is 0 Å². The summed E-state index contributed by atoms with van der Waals surface area (Å²) in [4.78, 5) is 12.7. The number of hydrogen-bond acceptors (Lipinski definition) is 4. The van der Waals surface area contributed by atoms with Crippen LogP contribution in [0, 0.1) is 10.5 Å². The SMILES string of the molecule is Cc1ccc(C(=O)Nc2ccc(S(=O)(=O)N3CC(C)NC(C)C3)cc2)cc1I. The lowest BCUT2D eigenvalue weighted by molar-refractivity contribution is 0.102. The van der Waals surface area contributed by atoms with E-state index in [4.69, 9.17) is 0 Å². The number of aryl methyl sites for hydroxylation is 1. The number of carbonyl (C=O) groups excluding carboxylic acids is 1. The average molecular weight is 513 g/mol. The minimum atomic E-state index is -3.56. The number of nitrogens with zero attached hydrogens (tertiary/aromatic N) is 1. The van der Waals surface area contributed by atoms with Crippen molar-refractivity contribution in [1.29, 1.82) is 0 Å². The summed E-state index contributed by atoms with van der Waals surface area (Å²) >= 11 is 2.20. The number of piperazine rings is 1. The number of rotatable bonds is 4. The Balaban J connectivity index is 1.74. The van der Waals surface area contributed by atoms with Gasteiger partial charge in [0.2, 0.25) is 10.0 Å². The molecule has 3 rings (SSSR count). The molecule has 2 aromatic rings. The molecule has 1 amide bonds. The Morgan fingerprint density at radius 3 is 2.29 bits per heavy atom. The van der Waals surface area contributed by atoms with Gasteiger partial charge in [-0.3, -0.25) is 4.79 Å². The maximum absolute atomic E-state index is 12.9. The number of hydrogen-bond donors (Lipinski definition) is 2. The van der Waals surface area contributed by atoms with Crippen molar-refractivity contribution in [1.82, 2.24) is 9.62 Å². The molecule has 2 atom stereocenters. The van der Waals surface area contributed by atoms with Crippen LogP contribution in [0.4, 0.5) is 5.69 Å². The van der Waals surface area contributed by atoms with Crippen LogP contribution in [0.5, 0.6) is 0 Å². The summed E-state index contributed by atoms with van der Waals surface area (Å²) in [5.74, 6) is -0.224. The normalized spacial score (nSPS) is 20.7. The Labute approximate surface area is 179 Å². The molecule has 0 bridgehead atoms. The van der Waals surface area contributed by atoms with E-state index in [0.29, 0.717) is 24.3 Å². The monoisotopic (exact) mass is 513 g/mol. The first-order valence-electron chi connectivity index (χ1n) is 9.10. The molecule has 28 heavy (non-hydrogen) atoms. The molecule has 2 unspecified atom stereocenters. The summed E-state index contributed by atoms with van der Waals surface area (Å²) in [7, 11) is -3.56. The molecule has 1 heterocycles. The zero-order chi connectivity index (χ0) is 20.5. The number of nitrogens with one attached hydrogen (secondary N) is 2. The molecule has 0 saturated carbocycles. The molecule has 8 heteroatoms. The zero-order valence-electron chi connectivity index (χ0n) is 16.1. The van der Waals surface area contributed by atoms with E-state index in [1.54, 1.807) is 30.3 Å². The lowest BCUT2D eigenvalue weighted by atomic mass is 10.1. The number of sulfonamides is 1. The van der Waals surface area contributed by atoms with Gasteiger partial charge in [0.25, 0.3) is 5.91 Å². The third kappa shape index (κ3) is 4.73. The molecular weight excluding hydrogens is 489 g/mol. The van der Waals surface area contributed by atoms with Crippen LogP contribution in [0.15, 0.2) is 47.4 Å². The highest BCUT2D eigenvalue weighted by Crippen LogP contribution is 2.21. The zero-order valence-corrected chi connectivity index (χ0v) is 19.0. The highest BCUT2D eigenvalue weighted by atomic mass is 127. The van der Waals surface area contributed by atoms with Crippen LogP contribution in [0.2, 0.25) is 0 Å². The minimum absolute atomic E-state index is 0.106. The van der Waals surface area contributed by atoms with Gasteiger partial charge in [-0.05, 0) is 85.3 Å². The van der Waals surface area contributed by atoms with E-state index in [1.165, 1.54) is 4.31 Å². The van der Waals surface area contributed by atoms with Crippen LogP contribution in [0.25, 0.3) is 0 Å². The smallest absolute Gasteiger partial charge is 0.255 e.